The van der Waals surface area contributed by atoms with Gasteiger partial charge in [-0.2, -0.15) is 0 Å². The van der Waals surface area contributed by atoms with Crippen LogP contribution in [0, 0.1) is 5.92 Å². The number of aromatic nitrogens is 2. The fourth-order valence-electron chi connectivity index (χ4n) is 1.97. The van der Waals surface area contributed by atoms with E-state index in [0.717, 1.165) is 25.7 Å². The Kier molecular flexibility index (Phi) is 3.96. The summed E-state index contributed by atoms with van der Waals surface area (Å²) in [5, 5.41) is 17.0. The lowest BCUT2D eigenvalue weighted by atomic mass is 9.88. The van der Waals surface area contributed by atoms with Crippen molar-refractivity contribution in [3.8, 4) is 5.88 Å². The minimum absolute atomic E-state index is 0.193. The van der Waals surface area contributed by atoms with E-state index in [-0.39, 0.29) is 12.7 Å². The van der Waals surface area contributed by atoms with Crippen molar-refractivity contribution in [3.63, 3.8) is 0 Å². The molecule has 1 aromatic rings. The Labute approximate surface area is 99.6 Å². The summed E-state index contributed by atoms with van der Waals surface area (Å²) in [6, 6.07) is 3.40. The molecule has 0 amide bonds. The van der Waals surface area contributed by atoms with Crippen LogP contribution in [0.5, 0.6) is 5.88 Å². The average Bonchev–Trinajstić information content (AvgIpc) is 2.33. The summed E-state index contributed by atoms with van der Waals surface area (Å²) < 4.78 is 5.69. The second-order valence-corrected chi connectivity index (χ2v) is 4.52. The van der Waals surface area contributed by atoms with Crippen molar-refractivity contribution < 1.29 is 9.84 Å². The summed E-state index contributed by atoms with van der Waals surface area (Å²) in [4.78, 5) is 0. The Morgan fingerprint density at radius 3 is 2.56 bits per heavy atom. The van der Waals surface area contributed by atoms with Gasteiger partial charge >= 0.3 is 0 Å². The molecule has 1 fully saturated rings. The first-order chi connectivity index (χ1) is 7.78. The molecule has 0 radical (unpaired) electrons. The van der Waals surface area contributed by atoms with Crippen molar-refractivity contribution >= 4 is 11.6 Å². The maximum Gasteiger partial charge on any atom is 0.233 e. The summed E-state index contributed by atoms with van der Waals surface area (Å²) in [6.07, 6.45) is 4.16. The van der Waals surface area contributed by atoms with Crippen LogP contribution in [-0.4, -0.2) is 28.0 Å². The van der Waals surface area contributed by atoms with Gasteiger partial charge in [-0.1, -0.05) is 11.6 Å². The first-order valence-electron chi connectivity index (χ1n) is 5.54. The third-order valence-corrected chi connectivity index (χ3v) is 3.15. The highest BCUT2D eigenvalue weighted by atomic mass is 35.5. The Bertz CT molecular complexity index is 323. The van der Waals surface area contributed by atoms with E-state index in [0.29, 0.717) is 17.0 Å². The number of nitrogens with zero attached hydrogens (tertiary/aromatic N) is 2. The van der Waals surface area contributed by atoms with Gasteiger partial charge in [0, 0.05) is 12.7 Å². The van der Waals surface area contributed by atoms with E-state index in [1.807, 2.05) is 0 Å². The predicted octanol–water partition coefficient (Wildman–Crippen LogP) is 2.06. The van der Waals surface area contributed by atoms with Crippen LogP contribution in [-0.2, 0) is 0 Å². The number of hydrogen-bond donors (Lipinski definition) is 1. The van der Waals surface area contributed by atoms with Crippen LogP contribution in [0.15, 0.2) is 12.1 Å². The van der Waals surface area contributed by atoms with E-state index >= 15 is 0 Å². The van der Waals surface area contributed by atoms with Crippen LogP contribution in [0.1, 0.15) is 25.7 Å². The quantitative estimate of drug-likeness (QED) is 0.882. The molecular weight excluding hydrogens is 228 g/mol. The topological polar surface area (TPSA) is 55.2 Å². The van der Waals surface area contributed by atoms with Crippen molar-refractivity contribution in [1.82, 2.24) is 10.2 Å². The third kappa shape index (κ3) is 3.06. The number of aliphatic hydroxyl groups excluding tert-OH is 1. The van der Waals surface area contributed by atoms with Gasteiger partial charge in [0.05, 0.1) is 0 Å². The molecule has 0 bridgehead atoms. The van der Waals surface area contributed by atoms with Gasteiger partial charge in [-0.05, 0) is 37.7 Å². The highest BCUT2D eigenvalue weighted by Gasteiger charge is 2.22. The van der Waals surface area contributed by atoms with Gasteiger partial charge in [-0.25, -0.2) is 0 Å². The van der Waals surface area contributed by atoms with E-state index in [1.54, 1.807) is 12.1 Å². The standard InChI is InChI=1S/C11H15ClN2O2/c12-10-5-6-11(14-13-10)16-9-3-1-8(7-15)2-4-9/h5-6,8-9,15H,1-4,7H2. The van der Waals surface area contributed by atoms with E-state index in [4.69, 9.17) is 21.4 Å². The molecule has 2 rings (SSSR count). The van der Waals surface area contributed by atoms with Gasteiger partial charge in [-0.15, -0.1) is 10.2 Å². The minimum atomic E-state index is 0.193. The number of rotatable bonds is 3. The zero-order valence-corrected chi connectivity index (χ0v) is 9.73. The average molecular weight is 243 g/mol. The van der Waals surface area contributed by atoms with Crippen molar-refractivity contribution in [2.75, 3.05) is 6.61 Å². The lowest BCUT2D eigenvalue weighted by Gasteiger charge is -2.27. The first kappa shape index (κ1) is 11.6. The molecule has 4 nitrogen and oxygen atoms in total. The lowest BCUT2D eigenvalue weighted by Crippen LogP contribution is -2.25. The summed E-state index contributed by atoms with van der Waals surface area (Å²) in [7, 11) is 0. The SMILES string of the molecule is OCC1CCC(Oc2ccc(Cl)nn2)CC1. The van der Waals surface area contributed by atoms with E-state index in [2.05, 4.69) is 10.2 Å². The molecule has 0 atom stereocenters. The highest BCUT2D eigenvalue weighted by Crippen LogP contribution is 2.26. The van der Waals surface area contributed by atoms with Crippen LogP contribution >= 0.6 is 11.6 Å². The molecular formula is C11H15ClN2O2. The third-order valence-electron chi connectivity index (χ3n) is 2.95. The molecule has 0 unspecified atom stereocenters. The normalized spacial score (nSPS) is 25.4. The molecule has 5 heteroatoms. The molecule has 0 aliphatic heterocycles. The van der Waals surface area contributed by atoms with Gasteiger partial charge < -0.3 is 9.84 Å². The molecule has 1 heterocycles. The fourth-order valence-corrected chi connectivity index (χ4v) is 2.07. The smallest absolute Gasteiger partial charge is 0.233 e. The monoisotopic (exact) mass is 242 g/mol. The van der Waals surface area contributed by atoms with Crippen LogP contribution in [0.4, 0.5) is 0 Å². The first-order valence-corrected chi connectivity index (χ1v) is 5.92. The number of halogens is 1. The summed E-state index contributed by atoms with van der Waals surface area (Å²) in [5.74, 6) is 0.966. The Hall–Kier alpha value is -0.870. The van der Waals surface area contributed by atoms with Crippen LogP contribution in [0.2, 0.25) is 5.15 Å². The molecule has 1 aliphatic rings. The second-order valence-electron chi connectivity index (χ2n) is 4.14. The fraction of sp³-hybridized carbons (Fsp3) is 0.636. The molecule has 1 aromatic heterocycles. The van der Waals surface area contributed by atoms with Crippen LogP contribution in [0.3, 0.4) is 0 Å². The van der Waals surface area contributed by atoms with Crippen LogP contribution in [0.25, 0.3) is 0 Å². The van der Waals surface area contributed by atoms with Gasteiger partial charge in [0.15, 0.2) is 5.15 Å². The highest BCUT2D eigenvalue weighted by molar-refractivity contribution is 6.29. The summed E-state index contributed by atoms with van der Waals surface area (Å²) in [6.45, 7) is 0.285. The zero-order valence-electron chi connectivity index (χ0n) is 8.97. The van der Waals surface area contributed by atoms with Crippen molar-refractivity contribution in [2.45, 2.75) is 31.8 Å². The van der Waals surface area contributed by atoms with E-state index in [1.165, 1.54) is 0 Å². The molecule has 0 saturated heterocycles. The van der Waals surface area contributed by atoms with Crippen LogP contribution < -0.4 is 4.74 Å². The summed E-state index contributed by atoms with van der Waals surface area (Å²) >= 11 is 5.64. The number of hydrogen-bond acceptors (Lipinski definition) is 4. The van der Waals surface area contributed by atoms with Gasteiger partial charge in [0.1, 0.15) is 6.10 Å². The van der Waals surface area contributed by atoms with Crippen molar-refractivity contribution in [3.05, 3.63) is 17.3 Å². The molecule has 16 heavy (non-hydrogen) atoms. The van der Waals surface area contributed by atoms with Crippen molar-refractivity contribution in [2.24, 2.45) is 5.92 Å². The van der Waals surface area contributed by atoms with E-state index < -0.39 is 0 Å². The minimum Gasteiger partial charge on any atom is -0.473 e. The maximum atomic E-state index is 9.02. The van der Waals surface area contributed by atoms with Gasteiger partial charge in [0.25, 0.3) is 0 Å². The Morgan fingerprint density at radius 1 is 1.25 bits per heavy atom. The van der Waals surface area contributed by atoms with Crippen molar-refractivity contribution in [1.29, 1.82) is 0 Å². The zero-order chi connectivity index (χ0) is 11.4. The Morgan fingerprint density at radius 2 is 2.00 bits per heavy atom. The molecule has 88 valence electrons. The molecule has 0 aromatic carbocycles. The molecule has 1 aliphatic carbocycles. The van der Waals surface area contributed by atoms with E-state index in [9.17, 15) is 0 Å². The molecule has 0 spiro atoms. The Balaban J connectivity index is 1.84. The maximum absolute atomic E-state index is 9.02. The number of aliphatic hydroxyl groups is 1. The predicted molar refractivity (Wildman–Crippen MR) is 60.5 cm³/mol. The number of ether oxygens (including phenoxy) is 1. The largest absolute Gasteiger partial charge is 0.473 e. The van der Waals surface area contributed by atoms with Gasteiger partial charge in [0.2, 0.25) is 5.88 Å². The molecule has 1 saturated carbocycles. The van der Waals surface area contributed by atoms with Gasteiger partial charge in [-0.3, -0.25) is 0 Å². The summed E-state index contributed by atoms with van der Waals surface area (Å²) in [5.41, 5.74) is 0. The second kappa shape index (κ2) is 5.46. The lowest BCUT2D eigenvalue weighted by molar-refractivity contribution is 0.0997. The molecule has 1 N–H and O–H groups in total.